The highest BCUT2D eigenvalue weighted by molar-refractivity contribution is 7.84. The molecule has 0 fully saturated rings. The number of benzene rings is 1. The zero-order valence-electron chi connectivity index (χ0n) is 8.96. The first kappa shape index (κ1) is 10.9. The number of aromatic nitrogens is 2. The van der Waals surface area contributed by atoms with Gasteiger partial charge in [-0.05, 0) is 30.3 Å². The van der Waals surface area contributed by atoms with E-state index in [1.807, 2.05) is 19.3 Å². The average Bonchev–Trinajstić information content (AvgIpc) is 2.65. The van der Waals surface area contributed by atoms with E-state index in [0.717, 1.165) is 10.6 Å². The Balaban J connectivity index is 2.11. The van der Waals surface area contributed by atoms with Gasteiger partial charge in [-0.15, -0.1) is 0 Å². The van der Waals surface area contributed by atoms with Gasteiger partial charge in [0.25, 0.3) is 0 Å². The van der Waals surface area contributed by atoms with Crippen LogP contribution >= 0.6 is 0 Å². The van der Waals surface area contributed by atoms with Gasteiger partial charge >= 0.3 is 0 Å². The molecule has 1 heterocycles. The first-order valence-corrected chi connectivity index (χ1v) is 6.19. The summed E-state index contributed by atoms with van der Waals surface area (Å²) < 4.78 is 13.7. The third-order valence-corrected chi connectivity index (χ3v) is 3.55. The van der Waals surface area contributed by atoms with Gasteiger partial charge < -0.3 is 5.73 Å². The van der Waals surface area contributed by atoms with Crippen molar-refractivity contribution in [3.63, 3.8) is 0 Å². The lowest BCUT2D eigenvalue weighted by molar-refractivity contribution is 0.680. The molecular weight excluding hydrogens is 222 g/mol. The number of nitrogens with zero attached hydrogens (tertiary/aromatic N) is 2. The minimum atomic E-state index is -1.06. The second kappa shape index (κ2) is 4.49. The number of hydrogen-bond acceptors (Lipinski definition) is 3. The Morgan fingerprint density at radius 3 is 2.56 bits per heavy atom. The van der Waals surface area contributed by atoms with E-state index in [1.54, 1.807) is 28.9 Å². The molecule has 84 valence electrons. The van der Waals surface area contributed by atoms with Crippen LogP contribution < -0.4 is 5.73 Å². The van der Waals surface area contributed by atoms with Crippen LogP contribution in [0.4, 0.5) is 5.69 Å². The number of aryl methyl sites for hydroxylation is 1. The lowest BCUT2D eigenvalue weighted by Crippen LogP contribution is -1.98. The zero-order chi connectivity index (χ0) is 11.5. The normalized spacial score (nSPS) is 12.6. The van der Waals surface area contributed by atoms with E-state index in [0.29, 0.717) is 11.4 Å². The summed E-state index contributed by atoms with van der Waals surface area (Å²) in [5, 5.41) is 4.19. The third kappa shape index (κ3) is 2.49. The van der Waals surface area contributed by atoms with E-state index in [4.69, 9.17) is 5.73 Å². The quantitative estimate of drug-likeness (QED) is 0.816. The number of anilines is 1. The zero-order valence-corrected chi connectivity index (χ0v) is 9.78. The molecule has 0 saturated carbocycles. The molecule has 16 heavy (non-hydrogen) atoms. The van der Waals surface area contributed by atoms with Gasteiger partial charge in [0.05, 0.1) is 22.2 Å². The summed E-state index contributed by atoms with van der Waals surface area (Å²) in [4.78, 5) is 0.778. The lowest BCUT2D eigenvalue weighted by Gasteiger charge is -2.00. The van der Waals surface area contributed by atoms with Gasteiger partial charge in [-0.3, -0.25) is 8.89 Å². The Labute approximate surface area is 96.5 Å². The standard InChI is InChI=1S/C11H13N3OS/c1-14-7-6-10(13-14)8-16(15)11-4-2-9(12)3-5-11/h2-7H,8,12H2,1H3. The maximum atomic E-state index is 12.0. The molecule has 5 heteroatoms. The first-order chi connectivity index (χ1) is 7.65. The molecule has 0 saturated heterocycles. The van der Waals surface area contributed by atoms with Crippen molar-refractivity contribution in [3.8, 4) is 0 Å². The molecule has 0 aliphatic rings. The summed E-state index contributed by atoms with van der Waals surface area (Å²) in [5.74, 6) is 0.435. The first-order valence-electron chi connectivity index (χ1n) is 4.87. The van der Waals surface area contributed by atoms with Gasteiger partial charge in [-0.2, -0.15) is 5.10 Å². The number of rotatable bonds is 3. The summed E-state index contributed by atoms with van der Waals surface area (Å²) in [6.07, 6.45) is 1.84. The highest BCUT2D eigenvalue weighted by Gasteiger charge is 2.06. The summed E-state index contributed by atoms with van der Waals surface area (Å²) in [7, 11) is 0.782. The van der Waals surface area contributed by atoms with E-state index in [-0.39, 0.29) is 0 Å². The van der Waals surface area contributed by atoms with Crippen molar-refractivity contribution in [2.45, 2.75) is 10.6 Å². The number of hydrogen-bond donors (Lipinski definition) is 1. The van der Waals surface area contributed by atoms with Crippen LogP contribution in [0.1, 0.15) is 5.69 Å². The SMILES string of the molecule is Cn1ccc(CS(=O)c2ccc(N)cc2)n1. The molecule has 1 aromatic heterocycles. The van der Waals surface area contributed by atoms with Crippen molar-refractivity contribution in [1.29, 1.82) is 0 Å². The fourth-order valence-electron chi connectivity index (χ4n) is 1.38. The molecule has 1 aromatic carbocycles. The van der Waals surface area contributed by atoms with Crippen LogP contribution in [0.3, 0.4) is 0 Å². The Morgan fingerprint density at radius 2 is 2.00 bits per heavy atom. The average molecular weight is 235 g/mol. The monoisotopic (exact) mass is 235 g/mol. The molecule has 4 nitrogen and oxygen atoms in total. The highest BCUT2D eigenvalue weighted by atomic mass is 32.2. The van der Waals surface area contributed by atoms with E-state index >= 15 is 0 Å². The molecule has 1 atom stereocenters. The van der Waals surface area contributed by atoms with Gasteiger partial charge in [0.15, 0.2) is 0 Å². The Morgan fingerprint density at radius 1 is 1.31 bits per heavy atom. The topological polar surface area (TPSA) is 60.9 Å². The van der Waals surface area contributed by atoms with Crippen molar-refractivity contribution in [2.24, 2.45) is 7.05 Å². The Kier molecular flexibility index (Phi) is 3.05. The third-order valence-electron chi connectivity index (χ3n) is 2.19. The predicted octanol–water partition coefficient (Wildman–Crippen LogP) is 1.31. The van der Waals surface area contributed by atoms with Crippen LogP contribution in [0.5, 0.6) is 0 Å². The van der Waals surface area contributed by atoms with Gasteiger partial charge in [-0.1, -0.05) is 0 Å². The fraction of sp³-hybridized carbons (Fsp3) is 0.182. The Bertz CT molecular complexity index is 504. The lowest BCUT2D eigenvalue weighted by atomic mass is 10.3. The van der Waals surface area contributed by atoms with Crippen LogP contribution in [0, 0.1) is 0 Å². The summed E-state index contributed by atoms with van der Waals surface area (Å²) in [6, 6.07) is 8.95. The van der Waals surface area contributed by atoms with Crippen molar-refractivity contribution in [3.05, 3.63) is 42.2 Å². The minimum absolute atomic E-state index is 0.435. The summed E-state index contributed by atoms with van der Waals surface area (Å²) in [6.45, 7) is 0. The van der Waals surface area contributed by atoms with Crippen molar-refractivity contribution in [1.82, 2.24) is 9.78 Å². The predicted molar refractivity (Wildman–Crippen MR) is 64.2 cm³/mol. The Hall–Kier alpha value is -1.62. The molecule has 0 amide bonds. The van der Waals surface area contributed by atoms with E-state index < -0.39 is 10.8 Å². The van der Waals surface area contributed by atoms with Crippen LogP contribution in [0.25, 0.3) is 0 Å². The molecule has 0 spiro atoms. The van der Waals surface area contributed by atoms with Gasteiger partial charge in [-0.25, -0.2) is 0 Å². The van der Waals surface area contributed by atoms with Gasteiger partial charge in [0.1, 0.15) is 0 Å². The molecule has 2 rings (SSSR count). The maximum Gasteiger partial charge on any atom is 0.0753 e. The van der Waals surface area contributed by atoms with E-state index in [1.165, 1.54) is 0 Å². The van der Waals surface area contributed by atoms with Crippen molar-refractivity contribution < 1.29 is 4.21 Å². The second-order valence-corrected chi connectivity index (χ2v) is 4.99. The second-order valence-electron chi connectivity index (χ2n) is 3.54. The largest absolute Gasteiger partial charge is 0.399 e. The van der Waals surface area contributed by atoms with E-state index in [9.17, 15) is 4.21 Å². The molecule has 0 bridgehead atoms. The van der Waals surface area contributed by atoms with Gasteiger partial charge in [0.2, 0.25) is 0 Å². The summed E-state index contributed by atoms with van der Waals surface area (Å²) in [5.41, 5.74) is 7.08. The molecule has 2 aromatic rings. The smallest absolute Gasteiger partial charge is 0.0753 e. The molecule has 0 aliphatic carbocycles. The summed E-state index contributed by atoms with van der Waals surface area (Å²) >= 11 is 0. The van der Waals surface area contributed by atoms with Crippen molar-refractivity contribution in [2.75, 3.05) is 5.73 Å². The molecule has 2 N–H and O–H groups in total. The highest BCUT2D eigenvalue weighted by Crippen LogP contribution is 2.13. The van der Waals surface area contributed by atoms with Crippen LogP contribution in [-0.4, -0.2) is 14.0 Å². The van der Waals surface area contributed by atoms with Crippen LogP contribution in [0.2, 0.25) is 0 Å². The molecule has 0 aliphatic heterocycles. The maximum absolute atomic E-state index is 12.0. The van der Waals surface area contributed by atoms with Crippen LogP contribution in [0.15, 0.2) is 41.4 Å². The number of nitrogen functional groups attached to an aromatic ring is 1. The molecule has 1 unspecified atom stereocenters. The fourth-order valence-corrected chi connectivity index (χ4v) is 2.41. The van der Waals surface area contributed by atoms with Crippen molar-refractivity contribution >= 4 is 16.5 Å². The minimum Gasteiger partial charge on any atom is -0.399 e. The van der Waals surface area contributed by atoms with E-state index in [2.05, 4.69) is 5.10 Å². The molecule has 0 radical (unpaired) electrons. The van der Waals surface area contributed by atoms with Gasteiger partial charge in [0, 0.05) is 23.8 Å². The molecular formula is C11H13N3OS. The number of nitrogens with two attached hydrogens (primary N) is 1. The van der Waals surface area contributed by atoms with Crippen LogP contribution in [-0.2, 0) is 23.6 Å².